The van der Waals surface area contributed by atoms with Gasteiger partial charge in [0.25, 0.3) is 0 Å². The van der Waals surface area contributed by atoms with E-state index in [1.54, 1.807) is 23.0 Å². The Bertz CT molecular complexity index is 616. The minimum Gasteiger partial charge on any atom is -0.358 e. The zero-order valence-corrected chi connectivity index (χ0v) is 11.0. The Hall–Kier alpha value is -1.96. The highest BCUT2D eigenvalue weighted by molar-refractivity contribution is 9.10. The van der Waals surface area contributed by atoms with Gasteiger partial charge in [-0.15, -0.1) is 0 Å². The number of nitro groups is 1. The molecule has 0 fully saturated rings. The summed E-state index contributed by atoms with van der Waals surface area (Å²) in [5.41, 5.74) is 0.548. The predicted molar refractivity (Wildman–Crippen MR) is 66.3 cm³/mol. The molecule has 0 radical (unpaired) electrons. The quantitative estimate of drug-likeness (QED) is 0.489. The van der Waals surface area contributed by atoms with Crippen LogP contribution in [0.3, 0.4) is 0 Å². The third kappa shape index (κ3) is 2.48. The summed E-state index contributed by atoms with van der Waals surface area (Å²) in [7, 11) is 1.81. The van der Waals surface area contributed by atoms with E-state index in [0.29, 0.717) is 5.56 Å². The molecule has 0 N–H and O–H groups in total. The second-order valence-electron chi connectivity index (χ2n) is 3.74. The van der Waals surface area contributed by atoms with E-state index in [9.17, 15) is 14.9 Å². The Kier molecular flexibility index (Phi) is 3.28. The standard InChI is InChI=1S/C10H9BrN4O3/c1-13-3-2-7(4-13)9(16)6-14-5-8(11)10(12-14)15(17)18/h2-5H,6H2,1H3. The van der Waals surface area contributed by atoms with Gasteiger partial charge in [0.05, 0.1) is 11.3 Å². The Morgan fingerprint density at radius 3 is 2.78 bits per heavy atom. The van der Waals surface area contributed by atoms with Crippen molar-refractivity contribution in [2.75, 3.05) is 0 Å². The first-order chi connectivity index (χ1) is 8.47. The van der Waals surface area contributed by atoms with Crippen molar-refractivity contribution in [3.8, 4) is 0 Å². The highest BCUT2D eigenvalue weighted by Crippen LogP contribution is 2.22. The lowest BCUT2D eigenvalue weighted by Crippen LogP contribution is -2.10. The molecule has 0 saturated carbocycles. The van der Waals surface area contributed by atoms with E-state index in [4.69, 9.17) is 0 Å². The number of nitrogens with zero attached hydrogens (tertiary/aromatic N) is 4. The van der Waals surface area contributed by atoms with Crippen LogP contribution in [-0.2, 0) is 13.6 Å². The van der Waals surface area contributed by atoms with Crippen molar-refractivity contribution in [2.24, 2.45) is 7.05 Å². The molecule has 0 spiro atoms. The first-order valence-electron chi connectivity index (χ1n) is 5.00. The topological polar surface area (TPSA) is 83.0 Å². The van der Waals surface area contributed by atoms with Gasteiger partial charge < -0.3 is 14.7 Å². The summed E-state index contributed by atoms with van der Waals surface area (Å²) in [5.74, 6) is -0.448. The molecule has 0 atom stereocenters. The van der Waals surface area contributed by atoms with Crippen molar-refractivity contribution in [3.63, 3.8) is 0 Å². The van der Waals surface area contributed by atoms with Crippen LogP contribution < -0.4 is 0 Å². The van der Waals surface area contributed by atoms with E-state index in [0.717, 1.165) is 0 Å². The summed E-state index contributed by atoms with van der Waals surface area (Å²) in [5, 5.41) is 14.3. The summed E-state index contributed by atoms with van der Waals surface area (Å²) in [6.45, 7) is -0.0313. The fraction of sp³-hybridized carbons (Fsp3) is 0.200. The molecule has 0 aliphatic heterocycles. The first kappa shape index (κ1) is 12.5. The van der Waals surface area contributed by atoms with Crippen LogP contribution in [0.25, 0.3) is 0 Å². The van der Waals surface area contributed by atoms with Gasteiger partial charge in [-0.3, -0.25) is 4.79 Å². The maximum atomic E-state index is 11.9. The molecule has 2 aromatic heterocycles. The normalized spacial score (nSPS) is 10.6. The van der Waals surface area contributed by atoms with Crippen molar-refractivity contribution in [1.82, 2.24) is 14.3 Å². The lowest BCUT2D eigenvalue weighted by Gasteiger charge is -1.94. The van der Waals surface area contributed by atoms with Crippen LogP contribution in [0, 0.1) is 10.1 Å². The van der Waals surface area contributed by atoms with Crippen molar-refractivity contribution in [3.05, 3.63) is 44.8 Å². The lowest BCUT2D eigenvalue weighted by atomic mass is 10.2. The van der Waals surface area contributed by atoms with Gasteiger partial charge >= 0.3 is 5.82 Å². The fourth-order valence-corrected chi connectivity index (χ4v) is 1.96. The number of aryl methyl sites for hydroxylation is 1. The van der Waals surface area contributed by atoms with Crippen LogP contribution in [0.15, 0.2) is 29.1 Å². The molecule has 0 unspecified atom stereocenters. The summed E-state index contributed by atoms with van der Waals surface area (Å²) in [6, 6.07) is 1.69. The number of rotatable bonds is 4. The second-order valence-corrected chi connectivity index (χ2v) is 4.60. The average molecular weight is 313 g/mol. The summed E-state index contributed by atoms with van der Waals surface area (Å²) in [6.07, 6.45) is 4.86. The molecule has 7 nitrogen and oxygen atoms in total. The molecule has 0 saturated heterocycles. The number of carbonyl (C=O) groups is 1. The fourth-order valence-electron chi connectivity index (χ4n) is 1.50. The van der Waals surface area contributed by atoms with Gasteiger partial charge in [0.2, 0.25) is 0 Å². The Labute approximate surface area is 110 Å². The van der Waals surface area contributed by atoms with Crippen LogP contribution in [0.2, 0.25) is 0 Å². The van der Waals surface area contributed by atoms with Gasteiger partial charge in [-0.2, -0.15) is 4.68 Å². The van der Waals surface area contributed by atoms with Gasteiger partial charge in [0, 0.05) is 25.0 Å². The number of ketones is 1. The minimum absolute atomic E-state index is 0.0313. The number of hydrogen-bond acceptors (Lipinski definition) is 4. The number of aromatic nitrogens is 3. The number of carbonyl (C=O) groups excluding carboxylic acids is 1. The zero-order chi connectivity index (χ0) is 13.3. The van der Waals surface area contributed by atoms with Crippen molar-refractivity contribution in [2.45, 2.75) is 6.54 Å². The summed E-state index contributed by atoms with van der Waals surface area (Å²) < 4.78 is 3.26. The molecule has 0 bridgehead atoms. The van der Waals surface area contributed by atoms with Gasteiger partial charge in [-0.25, -0.2) is 0 Å². The molecule has 0 aliphatic rings. The monoisotopic (exact) mass is 312 g/mol. The van der Waals surface area contributed by atoms with E-state index in [-0.39, 0.29) is 22.6 Å². The van der Waals surface area contributed by atoms with E-state index in [1.807, 2.05) is 7.05 Å². The highest BCUT2D eigenvalue weighted by Gasteiger charge is 2.20. The molecule has 2 aromatic rings. The SMILES string of the molecule is Cn1ccc(C(=O)Cn2cc(Br)c([N+](=O)[O-])n2)c1. The molecule has 0 aliphatic carbocycles. The molecular weight excluding hydrogens is 304 g/mol. The molecule has 2 heterocycles. The van der Waals surface area contributed by atoms with E-state index >= 15 is 0 Å². The maximum Gasteiger partial charge on any atom is 0.404 e. The number of halogens is 1. The Balaban J connectivity index is 2.17. The second kappa shape index (κ2) is 4.73. The smallest absolute Gasteiger partial charge is 0.358 e. The summed E-state index contributed by atoms with van der Waals surface area (Å²) >= 11 is 3.03. The first-order valence-corrected chi connectivity index (χ1v) is 5.79. The van der Waals surface area contributed by atoms with Crippen LogP contribution >= 0.6 is 15.9 Å². The molecule has 0 aromatic carbocycles. The van der Waals surface area contributed by atoms with Crippen LogP contribution in [0.4, 0.5) is 5.82 Å². The Morgan fingerprint density at radius 2 is 2.28 bits per heavy atom. The largest absolute Gasteiger partial charge is 0.404 e. The van der Waals surface area contributed by atoms with E-state index < -0.39 is 4.92 Å². The lowest BCUT2D eigenvalue weighted by molar-refractivity contribution is -0.390. The van der Waals surface area contributed by atoms with Crippen LogP contribution in [0.1, 0.15) is 10.4 Å². The van der Waals surface area contributed by atoms with Gasteiger partial charge in [0.15, 0.2) is 5.78 Å². The third-order valence-electron chi connectivity index (χ3n) is 2.33. The van der Waals surface area contributed by atoms with Crippen molar-refractivity contribution < 1.29 is 9.72 Å². The third-order valence-corrected chi connectivity index (χ3v) is 2.89. The highest BCUT2D eigenvalue weighted by atomic mass is 79.9. The molecule has 18 heavy (non-hydrogen) atoms. The van der Waals surface area contributed by atoms with Crippen molar-refractivity contribution in [1.29, 1.82) is 0 Å². The molecule has 94 valence electrons. The number of Topliss-reactive ketones (excluding diaryl/α,β-unsaturated/α-hetero) is 1. The van der Waals surface area contributed by atoms with Crippen LogP contribution in [0.5, 0.6) is 0 Å². The van der Waals surface area contributed by atoms with E-state index in [2.05, 4.69) is 21.0 Å². The van der Waals surface area contributed by atoms with Crippen molar-refractivity contribution >= 4 is 27.5 Å². The molecule has 8 heteroatoms. The van der Waals surface area contributed by atoms with Gasteiger partial charge in [0.1, 0.15) is 11.0 Å². The Morgan fingerprint density at radius 1 is 1.56 bits per heavy atom. The number of hydrogen-bond donors (Lipinski definition) is 0. The van der Waals surface area contributed by atoms with Gasteiger partial charge in [-0.05, 0) is 26.9 Å². The van der Waals surface area contributed by atoms with Gasteiger partial charge in [-0.1, -0.05) is 0 Å². The minimum atomic E-state index is -0.604. The summed E-state index contributed by atoms with van der Waals surface area (Å²) in [4.78, 5) is 21.9. The maximum absolute atomic E-state index is 11.9. The molecule has 0 amide bonds. The molecule has 2 rings (SSSR count). The zero-order valence-electron chi connectivity index (χ0n) is 9.41. The average Bonchev–Trinajstić information content (AvgIpc) is 2.85. The predicted octanol–water partition coefficient (Wildman–Crippen LogP) is 1.78. The van der Waals surface area contributed by atoms with Crippen LogP contribution in [-0.4, -0.2) is 25.1 Å². The van der Waals surface area contributed by atoms with E-state index in [1.165, 1.54) is 10.9 Å². The molecular formula is C10H9BrN4O3.